The standard InChI is InChI=1S/C12H26N2O2/c1-3-16-10-6-8-12(15)11(14-2)7-4-5-9-13/h11,14H,3-10,13H2,1-2H3. The fourth-order valence-corrected chi connectivity index (χ4v) is 1.63. The van der Waals surface area contributed by atoms with Crippen molar-refractivity contribution in [3.8, 4) is 0 Å². The summed E-state index contributed by atoms with van der Waals surface area (Å²) in [7, 11) is 1.84. The van der Waals surface area contributed by atoms with Gasteiger partial charge in [-0.05, 0) is 39.8 Å². The van der Waals surface area contributed by atoms with Gasteiger partial charge in [0.15, 0.2) is 0 Å². The number of ketones is 1. The maximum Gasteiger partial charge on any atom is 0.149 e. The minimum atomic E-state index is -0.00632. The van der Waals surface area contributed by atoms with E-state index in [1.165, 1.54) is 0 Å². The molecule has 0 radical (unpaired) electrons. The van der Waals surface area contributed by atoms with E-state index in [4.69, 9.17) is 10.5 Å². The lowest BCUT2D eigenvalue weighted by Crippen LogP contribution is -2.34. The van der Waals surface area contributed by atoms with Gasteiger partial charge in [0, 0.05) is 19.6 Å². The summed E-state index contributed by atoms with van der Waals surface area (Å²) < 4.78 is 5.21. The zero-order valence-corrected chi connectivity index (χ0v) is 10.6. The maximum atomic E-state index is 11.8. The first-order valence-electron chi connectivity index (χ1n) is 6.24. The third kappa shape index (κ3) is 7.79. The molecule has 0 rings (SSSR count). The highest BCUT2D eigenvalue weighted by Gasteiger charge is 2.14. The van der Waals surface area contributed by atoms with Gasteiger partial charge >= 0.3 is 0 Å². The second-order valence-electron chi connectivity index (χ2n) is 3.89. The second-order valence-corrected chi connectivity index (χ2v) is 3.89. The van der Waals surface area contributed by atoms with Gasteiger partial charge in [0.2, 0.25) is 0 Å². The number of nitrogens with one attached hydrogen (secondary N) is 1. The SMILES string of the molecule is CCOCCCC(=O)C(CCCCN)NC. The molecule has 0 aliphatic carbocycles. The van der Waals surface area contributed by atoms with Crippen LogP contribution in [0.25, 0.3) is 0 Å². The van der Waals surface area contributed by atoms with Crippen LogP contribution in [-0.2, 0) is 9.53 Å². The molecule has 0 bridgehead atoms. The van der Waals surface area contributed by atoms with Gasteiger partial charge in [0.05, 0.1) is 6.04 Å². The Morgan fingerprint density at radius 1 is 1.38 bits per heavy atom. The molecule has 96 valence electrons. The van der Waals surface area contributed by atoms with Crippen molar-refractivity contribution in [2.45, 2.75) is 45.1 Å². The molecule has 0 saturated heterocycles. The molecule has 1 atom stereocenters. The summed E-state index contributed by atoms with van der Waals surface area (Å²) in [6.45, 7) is 4.07. The number of carbonyl (C=O) groups is 1. The topological polar surface area (TPSA) is 64.3 Å². The first kappa shape index (κ1) is 15.6. The molecular weight excluding hydrogens is 204 g/mol. The molecule has 3 N–H and O–H groups in total. The third-order valence-corrected chi connectivity index (χ3v) is 2.60. The average Bonchev–Trinajstić information content (AvgIpc) is 2.30. The molecule has 0 fully saturated rings. The number of carbonyl (C=O) groups excluding carboxylic acids is 1. The fourth-order valence-electron chi connectivity index (χ4n) is 1.63. The minimum absolute atomic E-state index is 0.00632. The summed E-state index contributed by atoms with van der Waals surface area (Å²) in [5.41, 5.74) is 5.42. The zero-order valence-electron chi connectivity index (χ0n) is 10.6. The van der Waals surface area contributed by atoms with Crippen molar-refractivity contribution in [2.75, 3.05) is 26.8 Å². The number of hydrogen-bond donors (Lipinski definition) is 2. The van der Waals surface area contributed by atoms with Crippen molar-refractivity contribution >= 4 is 5.78 Å². The zero-order chi connectivity index (χ0) is 12.2. The van der Waals surface area contributed by atoms with Gasteiger partial charge in [-0.2, -0.15) is 0 Å². The van der Waals surface area contributed by atoms with E-state index in [1.807, 2.05) is 14.0 Å². The number of rotatable bonds is 11. The van der Waals surface area contributed by atoms with Crippen LogP contribution in [0.4, 0.5) is 0 Å². The molecule has 0 spiro atoms. The number of likely N-dealkylation sites (N-methyl/N-ethyl adjacent to an activating group) is 1. The van der Waals surface area contributed by atoms with Crippen LogP contribution in [0.3, 0.4) is 0 Å². The number of Topliss-reactive ketones (excluding diaryl/α,β-unsaturated/α-hetero) is 1. The maximum absolute atomic E-state index is 11.8. The van der Waals surface area contributed by atoms with Gasteiger partial charge in [-0.1, -0.05) is 6.42 Å². The predicted octanol–water partition coefficient (Wildman–Crippen LogP) is 1.09. The fraction of sp³-hybridized carbons (Fsp3) is 0.917. The lowest BCUT2D eigenvalue weighted by Gasteiger charge is -2.14. The van der Waals surface area contributed by atoms with Crippen molar-refractivity contribution in [3.05, 3.63) is 0 Å². The largest absolute Gasteiger partial charge is 0.382 e. The van der Waals surface area contributed by atoms with E-state index in [1.54, 1.807) is 0 Å². The molecule has 4 nitrogen and oxygen atoms in total. The number of hydrogen-bond acceptors (Lipinski definition) is 4. The van der Waals surface area contributed by atoms with Crippen molar-refractivity contribution < 1.29 is 9.53 Å². The minimum Gasteiger partial charge on any atom is -0.382 e. The third-order valence-electron chi connectivity index (χ3n) is 2.60. The van der Waals surface area contributed by atoms with Gasteiger partial charge in [-0.15, -0.1) is 0 Å². The van der Waals surface area contributed by atoms with Crippen molar-refractivity contribution in [3.63, 3.8) is 0 Å². The Kier molecular flexibility index (Phi) is 10.7. The van der Waals surface area contributed by atoms with Gasteiger partial charge in [0.1, 0.15) is 5.78 Å². The predicted molar refractivity (Wildman–Crippen MR) is 66.5 cm³/mol. The Bertz CT molecular complexity index is 174. The molecule has 0 aliphatic heterocycles. The van der Waals surface area contributed by atoms with E-state index in [9.17, 15) is 4.79 Å². The molecule has 0 aromatic heterocycles. The van der Waals surface area contributed by atoms with Crippen molar-refractivity contribution in [2.24, 2.45) is 5.73 Å². The highest BCUT2D eigenvalue weighted by Crippen LogP contribution is 2.05. The molecule has 4 heteroatoms. The highest BCUT2D eigenvalue weighted by atomic mass is 16.5. The molecule has 0 aromatic rings. The summed E-state index contributed by atoms with van der Waals surface area (Å²) in [4.78, 5) is 11.8. The van der Waals surface area contributed by atoms with Crippen LogP contribution in [0.15, 0.2) is 0 Å². The van der Waals surface area contributed by atoms with Gasteiger partial charge in [0.25, 0.3) is 0 Å². The Morgan fingerprint density at radius 2 is 2.12 bits per heavy atom. The quantitative estimate of drug-likeness (QED) is 0.522. The van der Waals surface area contributed by atoms with Crippen molar-refractivity contribution in [1.29, 1.82) is 0 Å². The van der Waals surface area contributed by atoms with E-state index in [0.29, 0.717) is 25.4 Å². The molecule has 0 amide bonds. The number of nitrogens with two attached hydrogens (primary N) is 1. The molecule has 0 heterocycles. The normalized spacial score (nSPS) is 12.7. The van der Waals surface area contributed by atoms with Gasteiger partial charge in [-0.3, -0.25) is 4.79 Å². The lowest BCUT2D eigenvalue weighted by atomic mass is 10.0. The average molecular weight is 230 g/mol. The number of unbranched alkanes of at least 4 members (excludes halogenated alkanes) is 1. The molecule has 0 saturated carbocycles. The van der Waals surface area contributed by atoms with Gasteiger partial charge < -0.3 is 15.8 Å². The van der Waals surface area contributed by atoms with Crippen LogP contribution < -0.4 is 11.1 Å². The lowest BCUT2D eigenvalue weighted by molar-refractivity contribution is -0.121. The van der Waals surface area contributed by atoms with Crippen LogP contribution in [0.5, 0.6) is 0 Å². The molecule has 16 heavy (non-hydrogen) atoms. The van der Waals surface area contributed by atoms with Crippen molar-refractivity contribution in [1.82, 2.24) is 5.32 Å². The highest BCUT2D eigenvalue weighted by molar-refractivity contribution is 5.83. The van der Waals surface area contributed by atoms with Crippen LogP contribution in [0.1, 0.15) is 39.0 Å². The van der Waals surface area contributed by atoms with E-state index >= 15 is 0 Å². The Morgan fingerprint density at radius 3 is 2.69 bits per heavy atom. The Hall–Kier alpha value is -0.450. The Balaban J connectivity index is 3.65. The monoisotopic (exact) mass is 230 g/mol. The summed E-state index contributed by atoms with van der Waals surface area (Å²) in [5, 5.41) is 3.07. The van der Waals surface area contributed by atoms with E-state index < -0.39 is 0 Å². The first-order chi connectivity index (χ1) is 7.76. The molecule has 1 unspecified atom stereocenters. The van der Waals surface area contributed by atoms with E-state index in [2.05, 4.69) is 5.32 Å². The first-order valence-corrected chi connectivity index (χ1v) is 6.24. The smallest absolute Gasteiger partial charge is 0.149 e. The van der Waals surface area contributed by atoms with Crippen LogP contribution >= 0.6 is 0 Å². The molecular formula is C12H26N2O2. The summed E-state index contributed by atoms with van der Waals surface area (Å²) in [5.74, 6) is 0.291. The summed E-state index contributed by atoms with van der Waals surface area (Å²) >= 11 is 0. The van der Waals surface area contributed by atoms with Crippen LogP contribution in [0.2, 0.25) is 0 Å². The second kappa shape index (κ2) is 11.0. The summed E-state index contributed by atoms with van der Waals surface area (Å²) in [6.07, 6.45) is 4.32. The van der Waals surface area contributed by atoms with Crippen LogP contribution in [-0.4, -0.2) is 38.6 Å². The van der Waals surface area contributed by atoms with Crippen LogP contribution in [0, 0.1) is 0 Å². The molecule has 0 aromatic carbocycles. The van der Waals surface area contributed by atoms with E-state index in [-0.39, 0.29) is 6.04 Å². The summed E-state index contributed by atoms with van der Waals surface area (Å²) in [6, 6.07) is -0.00632. The Labute approximate surface area is 98.9 Å². The molecule has 0 aliphatic rings. The van der Waals surface area contributed by atoms with E-state index in [0.717, 1.165) is 32.3 Å². The number of ether oxygens (including phenoxy) is 1. The van der Waals surface area contributed by atoms with Gasteiger partial charge in [-0.25, -0.2) is 0 Å².